The number of ether oxygens (including phenoxy) is 1. The second-order valence-electron chi connectivity index (χ2n) is 4.48. The molecule has 1 saturated carbocycles. The molecule has 16 heavy (non-hydrogen) atoms. The van der Waals surface area contributed by atoms with Gasteiger partial charge in [0.15, 0.2) is 0 Å². The average Bonchev–Trinajstić information content (AvgIpc) is 2.82. The third-order valence-corrected chi connectivity index (χ3v) is 3.24. The summed E-state index contributed by atoms with van der Waals surface area (Å²) in [5.74, 6) is -0.236. The first-order chi connectivity index (χ1) is 7.77. The average molecular weight is 218 g/mol. The highest BCUT2D eigenvalue weighted by Crippen LogP contribution is 2.24. The summed E-state index contributed by atoms with van der Waals surface area (Å²) in [7, 11) is 0. The van der Waals surface area contributed by atoms with Gasteiger partial charge in [-0.25, -0.2) is 0 Å². The molecule has 1 aromatic rings. The number of carbonyl (C=O) groups excluding carboxylic acids is 1. The van der Waals surface area contributed by atoms with Crippen molar-refractivity contribution in [3.63, 3.8) is 0 Å². The van der Waals surface area contributed by atoms with E-state index in [2.05, 4.69) is 0 Å². The molecule has 0 aliphatic heterocycles. The number of benzene rings is 1. The van der Waals surface area contributed by atoms with E-state index in [0.29, 0.717) is 0 Å². The van der Waals surface area contributed by atoms with Gasteiger partial charge in [0, 0.05) is 0 Å². The van der Waals surface area contributed by atoms with Crippen LogP contribution in [-0.4, -0.2) is 12.1 Å². The maximum absolute atomic E-state index is 11.9. The zero-order valence-electron chi connectivity index (χ0n) is 9.69. The summed E-state index contributed by atoms with van der Waals surface area (Å²) in [6.07, 6.45) is 4.62. The van der Waals surface area contributed by atoms with Crippen molar-refractivity contribution < 1.29 is 9.53 Å². The highest BCUT2D eigenvalue weighted by atomic mass is 16.5. The quantitative estimate of drug-likeness (QED) is 0.728. The highest BCUT2D eigenvalue weighted by molar-refractivity contribution is 5.77. The van der Waals surface area contributed by atoms with Crippen molar-refractivity contribution in [3.8, 4) is 0 Å². The summed E-state index contributed by atoms with van der Waals surface area (Å²) < 4.78 is 5.49. The third kappa shape index (κ3) is 2.63. The maximum Gasteiger partial charge on any atom is 0.313 e. The van der Waals surface area contributed by atoms with Gasteiger partial charge >= 0.3 is 5.97 Å². The van der Waals surface area contributed by atoms with Gasteiger partial charge in [-0.2, -0.15) is 0 Å². The largest absolute Gasteiger partial charge is 0.462 e. The SMILES string of the molecule is CC(C(=O)OC1CCCC1)c1ccccc1. The van der Waals surface area contributed by atoms with Crippen LogP contribution < -0.4 is 0 Å². The molecule has 0 spiro atoms. The fourth-order valence-corrected chi connectivity index (χ4v) is 2.15. The minimum absolute atomic E-state index is 0.0851. The molecular formula is C14H18O2. The lowest BCUT2D eigenvalue weighted by atomic mass is 10.0. The Kier molecular flexibility index (Phi) is 3.60. The van der Waals surface area contributed by atoms with Gasteiger partial charge in [-0.3, -0.25) is 4.79 Å². The number of rotatable bonds is 3. The molecule has 2 nitrogen and oxygen atoms in total. The van der Waals surface area contributed by atoms with Crippen LogP contribution in [0.2, 0.25) is 0 Å². The van der Waals surface area contributed by atoms with Crippen molar-refractivity contribution in [3.05, 3.63) is 35.9 Å². The van der Waals surface area contributed by atoms with Gasteiger partial charge in [0.05, 0.1) is 5.92 Å². The Labute approximate surface area is 96.6 Å². The smallest absolute Gasteiger partial charge is 0.313 e. The van der Waals surface area contributed by atoms with Gasteiger partial charge in [0.1, 0.15) is 6.10 Å². The topological polar surface area (TPSA) is 26.3 Å². The predicted octanol–water partition coefficient (Wildman–Crippen LogP) is 3.28. The van der Waals surface area contributed by atoms with Crippen LogP contribution in [0.25, 0.3) is 0 Å². The van der Waals surface area contributed by atoms with E-state index < -0.39 is 0 Å². The van der Waals surface area contributed by atoms with Crippen molar-refractivity contribution in [1.82, 2.24) is 0 Å². The van der Waals surface area contributed by atoms with E-state index in [-0.39, 0.29) is 18.0 Å². The van der Waals surface area contributed by atoms with Crippen molar-refractivity contribution >= 4 is 5.97 Å². The molecule has 0 aromatic heterocycles. The zero-order chi connectivity index (χ0) is 11.4. The molecule has 86 valence electrons. The van der Waals surface area contributed by atoms with Crippen LogP contribution in [0.3, 0.4) is 0 Å². The van der Waals surface area contributed by atoms with Crippen LogP contribution in [0.1, 0.15) is 44.1 Å². The first-order valence-corrected chi connectivity index (χ1v) is 6.03. The van der Waals surface area contributed by atoms with Crippen LogP contribution >= 0.6 is 0 Å². The first-order valence-electron chi connectivity index (χ1n) is 6.03. The Morgan fingerprint density at radius 3 is 2.50 bits per heavy atom. The van der Waals surface area contributed by atoms with E-state index >= 15 is 0 Å². The third-order valence-electron chi connectivity index (χ3n) is 3.24. The molecule has 1 aliphatic rings. The molecule has 1 aliphatic carbocycles. The van der Waals surface area contributed by atoms with Crippen molar-refractivity contribution in [2.45, 2.75) is 44.6 Å². The van der Waals surface area contributed by atoms with E-state index in [4.69, 9.17) is 4.74 Å². The van der Waals surface area contributed by atoms with Gasteiger partial charge in [0.25, 0.3) is 0 Å². The molecule has 0 saturated heterocycles. The van der Waals surface area contributed by atoms with E-state index in [0.717, 1.165) is 18.4 Å². The standard InChI is InChI=1S/C14H18O2/c1-11(12-7-3-2-4-8-12)14(15)16-13-9-5-6-10-13/h2-4,7-8,11,13H,5-6,9-10H2,1H3. The van der Waals surface area contributed by atoms with Gasteiger partial charge < -0.3 is 4.74 Å². The second kappa shape index (κ2) is 5.15. The summed E-state index contributed by atoms with van der Waals surface area (Å²) in [5.41, 5.74) is 1.03. The zero-order valence-corrected chi connectivity index (χ0v) is 9.69. The van der Waals surface area contributed by atoms with Crippen LogP contribution in [0.15, 0.2) is 30.3 Å². The van der Waals surface area contributed by atoms with Crippen LogP contribution in [0.5, 0.6) is 0 Å². The number of esters is 1. The summed E-state index contributed by atoms with van der Waals surface area (Å²) in [4.78, 5) is 11.9. The maximum atomic E-state index is 11.9. The minimum atomic E-state index is -0.151. The normalized spacial score (nSPS) is 18.3. The summed E-state index contributed by atoms with van der Waals surface area (Å²) in [6.45, 7) is 1.91. The van der Waals surface area contributed by atoms with E-state index in [1.54, 1.807) is 0 Å². The summed E-state index contributed by atoms with van der Waals surface area (Å²) in [5, 5.41) is 0. The molecule has 0 radical (unpaired) electrons. The summed E-state index contributed by atoms with van der Waals surface area (Å²) >= 11 is 0. The molecule has 1 unspecified atom stereocenters. The van der Waals surface area contributed by atoms with Gasteiger partial charge in [0.2, 0.25) is 0 Å². The molecule has 0 N–H and O–H groups in total. The van der Waals surface area contributed by atoms with Gasteiger partial charge in [-0.05, 0) is 38.2 Å². The van der Waals surface area contributed by atoms with E-state index in [1.165, 1.54) is 12.8 Å². The van der Waals surface area contributed by atoms with E-state index in [1.807, 2.05) is 37.3 Å². The monoisotopic (exact) mass is 218 g/mol. The molecule has 1 fully saturated rings. The molecule has 0 heterocycles. The Morgan fingerprint density at radius 2 is 1.88 bits per heavy atom. The Balaban J connectivity index is 1.94. The predicted molar refractivity (Wildman–Crippen MR) is 63.2 cm³/mol. The fourth-order valence-electron chi connectivity index (χ4n) is 2.15. The molecule has 2 heteroatoms. The fraction of sp³-hybridized carbons (Fsp3) is 0.500. The molecule has 2 rings (SSSR count). The van der Waals surface area contributed by atoms with E-state index in [9.17, 15) is 4.79 Å². The van der Waals surface area contributed by atoms with Crippen LogP contribution in [0.4, 0.5) is 0 Å². The Bertz CT molecular complexity index is 339. The lowest BCUT2D eigenvalue weighted by Crippen LogP contribution is -2.19. The molecular weight excluding hydrogens is 200 g/mol. The lowest BCUT2D eigenvalue weighted by molar-refractivity contribution is -0.150. The van der Waals surface area contributed by atoms with Crippen LogP contribution in [0, 0.1) is 0 Å². The number of carbonyl (C=O) groups is 1. The number of hydrogen-bond acceptors (Lipinski definition) is 2. The minimum Gasteiger partial charge on any atom is -0.462 e. The molecule has 1 aromatic carbocycles. The Hall–Kier alpha value is -1.31. The number of hydrogen-bond donors (Lipinski definition) is 0. The van der Waals surface area contributed by atoms with Gasteiger partial charge in [-0.1, -0.05) is 30.3 Å². The van der Waals surface area contributed by atoms with Crippen LogP contribution in [-0.2, 0) is 9.53 Å². The van der Waals surface area contributed by atoms with Crippen molar-refractivity contribution in [2.75, 3.05) is 0 Å². The molecule has 1 atom stereocenters. The Morgan fingerprint density at radius 1 is 1.25 bits per heavy atom. The second-order valence-corrected chi connectivity index (χ2v) is 4.48. The molecule has 0 amide bonds. The highest BCUT2D eigenvalue weighted by Gasteiger charge is 2.23. The first kappa shape index (κ1) is 11.2. The van der Waals surface area contributed by atoms with Crippen molar-refractivity contribution in [2.24, 2.45) is 0 Å². The lowest BCUT2D eigenvalue weighted by Gasteiger charge is -2.15. The summed E-state index contributed by atoms with van der Waals surface area (Å²) in [6, 6.07) is 9.81. The molecule has 0 bridgehead atoms. The van der Waals surface area contributed by atoms with Gasteiger partial charge in [-0.15, -0.1) is 0 Å². The van der Waals surface area contributed by atoms with Crippen molar-refractivity contribution in [1.29, 1.82) is 0 Å².